The second-order valence-electron chi connectivity index (χ2n) is 4.74. The molecule has 0 aliphatic heterocycles. The van der Waals surface area contributed by atoms with Crippen molar-refractivity contribution in [2.24, 2.45) is 0 Å². The first-order chi connectivity index (χ1) is 8.70. The number of aryl methyl sites for hydroxylation is 1. The zero-order valence-electron chi connectivity index (χ0n) is 10.8. The maximum Gasteiger partial charge on any atom is 0.112 e. The normalized spacial score (nSPS) is 11.2. The molecule has 98 valence electrons. The smallest absolute Gasteiger partial charge is 0.112 e. The van der Waals surface area contributed by atoms with Crippen molar-refractivity contribution in [1.29, 1.82) is 0 Å². The Bertz CT molecular complexity index is 519. The largest absolute Gasteiger partial charge is 0.397 e. The molecule has 0 aliphatic rings. The molecule has 0 amide bonds. The summed E-state index contributed by atoms with van der Waals surface area (Å²) in [5, 5.41) is 0. The predicted molar refractivity (Wildman–Crippen MR) is 80.7 cm³/mol. The molecule has 0 radical (unpaired) electrons. The topological polar surface area (TPSA) is 54.7 Å². The third kappa shape index (κ3) is 3.25. The lowest BCUT2D eigenvalue weighted by Gasteiger charge is -1.97. The number of nitrogens with zero attached hydrogens (tertiary/aromatic N) is 1. The van der Waals surface area contributed by atoms with Gasteiger partial charge in [-0.05, 0) is 18.6 Å². The number of benzene rings is 1. The minimum Gasteiger partial charge on any atom is -0.397 e. The first-order valence-corrected chi connectivity index (χ1v) is 7.43. The summed E-state index contributed by atoms with van der Waals surface area (Å²) in [4.78, 5) is 7.92. The molecule has 0 fully saturated rings. The van der Waals surface area contributed by atoms with E-state index in [1.165, 1.54) is 32.1 Å². The van der Waals surface area contributed by atoms with Gasteiger partial charge in [-0.25, -0.2) is 4.98 Å². The average Bonchev–Trinajstić information content (AvgIpc) is 2.72. The van der Waals surface area contributed by atoms with Crippen molar-refractivity contribution in [1.82, 2.24) is 9.97 Å². The van der Waals surface area contributed by atoms with Gasteiger partial charge in [0.1, 0.15) is 11.3 Å². The number of aromatic nitrogens is 2. The molecule has 0 unspecified atom stereocenters. The summed E-state index contributed by atoms with van der Waals surface area (Å²) in [6.07, 6.45) is 7.43. The van der Waals surface area contributed by atoms with Gasteiger partial charge in [0.15, 0.2) is 0 Å². The fourth-order valence-corrected chi connectivity index (χ4v) is 2.65. The van der Waals surface area contributed by atoms with Crippen molar-refractivity contribution in [3.8, 4) is 0 Å². The Labute approximate surface area is 116 Å². The van der Waals surface area contributed by atoms with Crippen molar-refractivity contribution >= 4 is 32.7 Å². The number of H-pyrrole nitrogens is 1. The van der Waals surface area contributed by atoms with Crippen LogP contribution in [0.2, 0.25) is 0 Å². The van der Waals surface area contributed by atoms with Gasteiger partial charge in [0.2, 0.25) is 0 Å². The molecule has 0 saturated heterocycles. The van der Waals surface area contributed by atoms with E-state index in [1.54, 1.807) is 0 Å². The van der Waals surface area contributed by atoms with Crippen LogP contribution >= 0.6 is 15.9 Å². The summed E-state index contributed by atoms with van der Waals surface area (Å²) in [6.45, 7) is 2.24. The van der Waals surface area contributed by atoms with Crippen molar-refractivity contribution in [3.05, 3.63) is 22.4 Å². The van der Waals surface area contributed by atoms with Crippen LogP contribution in [0.5, 0.6) is 0 Å². The van der Waals surface area contributed by atoms with E-state index in [0.717, 1.165) is 33.4 Å². The highest BCUT2D eigenvalue weighted by Gasteiger charge is 2.06. The van der Waals surface area contributed by atoms with Crippen LogP contribution in [0.3, 0.4) is 0 Å². The van der Waals surface area contributed by atoms with Gasteiger partial charge in [0.05, 0.1) is 11.2 Å². The van der Waals surface area contributed by atoms with Crippen molar-refractivity contribution < 1.29 is 0 Å². The number of fused-ring (bicyclic) bond motifs is 1. The molecule has 1 aromatic heterocycles. The standard InChI is InChI=1S/C14H20BrN3/c1-2-3-4-5-6-7-13-17-12-9-10(15)8-11(16)14(12)18-13/h8-9H,2-7,16H2,1H3,(H,17,18). The molecular weight excluding hydrogens is 290 g/mol. The van der Waals surface area contributed by atoms with Gasteiger partial charge in [-0.2, -0.15) is 0 Å². The molecule has 18 heavy (non-hydrogen) atoms. The summed E-state index contributed by atoms with van der Waals surface area (Å²) in [6, 6.07) is 3.92. The highest BCUT2D eigenvalue weighted by atomic mass is 79.9. The first kappa shape index (κ1) is 13.4. The van der Waals surface area contributed by atoms with Crippen LogP contribution in [0.25, 0.3) is 11.0 Å². The second kappa shape index (κ2) is 6.23. The molecule has 0 atom stereocenters. The Hall–Kier alpha value is -1.03. The zero-order valence-corrected chi connectivity index (χ0v) is 12.4. The Kier molecular flexibility index (Phi) is 4.64. The highest BCUT2D eigenvalue weighted by Crippen LogP contribution is 2.24. The van der Waals surface area contributed by atoms with E-state index in [-0.39, 0.29) is 0 Å². The molecule has 1 aromatic carbocycles. The van der Waals surface area contributed by atoms with Crippen LogP contribution in [-0.4, -0.2) is 9.97 Å². The van der Waals surface area contributed by atoms with Gasteiger partial charge >= 0.3 is 0 Å². The number of nitrogens with two attached hydrogens (primary N) is 1. The number of imidazole rings is 1. The molecule has 3 N–H and O–H groups in total. The van der Waals surface area contributed by atoms with Crippen LogP contribution in [0.15, 0.2) is 16.6 Å². The Morgan fingerprint density at radius 3 is 2.78 bits per heavy atom. The SMILES string of the molecule is CCCCCCCc1nc2c(N)cc(Br)cc2[nH]1. The van der Waals surface area contributed by atoms with Gasteiger partial charge in [0, 0.05) is 10.9 Å². The van der Waals surface area contributed by atoms with Gasteiger partial charge in [0.25, 0.3) is 0 Å². The molecule has 4 heteroatoms. The molecule has 3 nitrogen and oxygen atoms in total. The van der Waals surface area contributed by atoms with E-state index >= 15 is 0 Å². The highest BCUT2D eigenvalue weighted by molar-refractivity contribution is 9.10. The molecule has 0 bridgehead atoms. The molecule has 0 aliphatic carbocycles. The lowest BCUT2D eigenvalue weighted by molar-refractivity contribution is 0.625. The van der Waals surface area contributed by atoms with Gasteiger partial charge in [-0.1, -0.05) is 48.5 Å². The van der Waals surface area contributed by atoms with Gasteiger partial charge in [-0.15, -0.1) is 0 Å². The van der Waals surface area contributed by atoms with E-state index in [4.69, 9.17) is 5.73 Å². The van der Waals surface area contributed by atoms with Gasteiger partial charge < -0.3 is 10.7 Å². The number of hydrogen-bond donors (Lipinski definition) is 2. The minimum atomic E-state index is 0.729. The van der Waals surface area contributed by atoms with E-state index in [2.05, 4.69) is 32.8 Å². The maximum absolute atomic E-state index is 5.95. The summed E-state index contributed by atoms with van der Waals surface area (Å²) < 4.78 is 0.991. The quantitative estimate of drug-likeness (QED) is 0.613. The number of halogens is 1. The Morgan fingerprint density at radius 1 is 1.22 bits per heavy atom. The van der Waals surface area contributed by atoms with Crippen LogP contribution in [0.4, 0.5) is 5.69 Å². The van der Waals surface area contributed by atoms with Crippen molar-refractivity contribution in [3.63, 3.8) is 0 Å². The van der Waals surface area contributed by atoms with E-state index in [1.807, 2.05) is 12.1 Å². The van der Waals surface area contributed by atoms with E-state index < -0.39 is 0 Å². The number of nitrogen functional groups attached to an aromatic ring is 1. The summed E-state index contributed by atoms with van der Waals surface area (Å²) >= 11 is 3.45. The first-order valence-electron chi connectivity index (χ1n) is 6.64. The number of nitrogens with one attached hydrogen (secondary N) is 1. The van der Waals surface area contributed by atoms with Crippen LogP contribution in [0, 0.1) is 0 Å². The maximum atomic E-state index is 5.95. The number of rotatable bonds is 6. The fourth-order valence-electron chi connectivity index (χ4n) is 2.17. The summed E-state index contributed by atoms with van der Waals surface area (Å²) in [5.74, 6) is 1.05. The lowest BCUT2D eigenvalue weighted by atomic mass is 10.1. The van der Waals surface area contributed by atoms with Crippen LogP contribution in [0.1, 0.15) is 44.9 Å². The molecular formula is C14H20BrN3. The van der Waals surface area contributed by atoms with Crippen molar-refractivity contribution in [2.75, 3.05) is 5.73 Å². The van der Waals surface area contributed by atoms with E-state index in [0.29, 0.717) is 0 Å². The zero-order chi connectivity index (χ0) is 13.0. The minimum absolute atomic E-state index is 0.729. The summed E-state index contributed by atoms with van der Waals surface area (Å²) in [5.41, 5.74) is 8.59. The third-order valence-electron chi connectivity index (χ3n) is 3.15. The van der Waals surface area contributed by atoms with E-state index in [9.17, 15) is 0 Å². The number of anilines is 1. The Balaban J connectivity index is 2.00. The molecule has 2 rings (SSSR count). The molecule has 0 saturated carbocycles. The van der Waals surface area contributed by atoms with Crippen LogP contribution in [-0.2, 0) is 6.42 Å². The predicted octanol–water partition coefficient (Wildman–Crippen LogP) is 4.42. The second-order valence-corrected chi connectivity index (χ2v) is 5.65. The lowest BCUT2D eigenvalue weighted by Crippen LogP contribution is -1.89. The number of aromatic amines is 1. The number of hydrogen-bond acceptors (Lipinski definition) is 2. The summed E-state index contributed by atoms with van der Waals surface area (Å²) in [7, 11) is 0. The van der Waals surface area contributed by atoms with Crippen LogP contribution < -0.4 is 5.73 Å². The average molecular weight is 310 g/mol. The Morgan fingerprint density at radius 2 is 2.00 bits per heavy atom. The molecule has 2 aromatic rings. The molecule has 0 spiro atoms. The fraction of sp³-hybridized carbons (Fsp3) is 0.500. The third-order valence-corrected chi connectivity index (χ3v) is 3.60. The monoisotopic (exact) mass is 309 g/mol. The van der Waals surface area contributed by atoms with Gasteiger partial charge in [-0.3, -0.25) is 0 Å². The number of unbranched alkanes of at least 4 members (excludes halogenated alkanes) is 4. The van der Waals surface area contributed by atoms with Crippen molar-refractivity contribution in [2.45, 2.75) is 45.4 Å². The molecule has 1 heterocycles.